The minimum atomic E-state index is -0.803. The van der Waals surface area contributed by atoms with E-state index in [1.807, 2.05) is 37.3 Å². The lowest BCUT2D eigenvalue weighted by Gasteiger charge is -2.02. The predicted octanol–water partition coefficient (Wildman–Crippen LogP) is 3.01. The van der Waals surface area contributed by atoms with Crippen LogP contribution in [0.4, 0.5) is 0 Å². The maximum Gasteiger partial charge on any atom is 0.304 e. The number of furan rings is 1. The van der Waals surface area contributed by atoms with Crippen molar-refractivity contribution in [3.05, 3.63) is 36.1 Å². The highest BCUT2D eigenvalue weighted by atomic mass is 16.4. The van der Waals surface area contributed by atoms with Gasteiger partial charge in [0.05, 0.1) is 6.42 Å². The summed E-state index contributed by atoms with van der Waals surface area (Å²) in [5.41, 5.74) is 0.810. The predicted molar refractivity (Wildman–Crippen MR) is 56.9 cm³/mol. The van der Waals surface area contributed by atoms with Gasteiger partial charge in [-0.1, -0.05) is 25.1 Å². The molecule has 1 atom stereocenters. The highest BCUT2D eigenvalue weighted by Crippen LogP contribution is 2.26. The Hall–Kier alpha value is -1.77. The number of carboxylic acids is 1. The fraction of sp³-hybridized carbons (Fsp3) is 0.250. The molecule has 2 rings (SSSR count). The van der Waals surface area contributed by atoms with E-state index in [0.29, 0.717) is 0 Å². The smallest absolute Gasteiger partial charge is 0.304 e. The van der Waals surface area contributed by atoms with Gasteiger partial charge in [0, 0.05) is 11.3 Å². The van der Waals surface area contributed by atoms with Crippen LogP contribution in [0.25, 0.3) is 11.0 Å². The van der Waals surface area contributed by atoms with E-state index in [-0.39, 0.29) is 12.3 Å². The maximum atomic E-state index is 10.6. The second-order valence-electron chi connectivity index (χ2n) is 3.69. The van der Waals surface area contributed by atoms with E-state index < -0.39 is 5.97 Å². The minimum Gasteiger partial charge on any atom is -0.481 e. The Bertz CT molecular complexity index is 451. The van der Waals surface area contributed by atoms with Crippen LogP contribution in [0.2, 0.25) is 0 Å². The van der Waals surface area contributed by atoms with Crippen molar-refractivity contribution in [2.75, 3.05) is 0 Å². The Morgan fingerprint density at radius 3 is 2.87 bits per heavy atom. The first-order chi connectivity index (χ1) is 7.16. The standard InChI is InChI=1S/C12H12O3/c1-8(6-12(13)14)11-7-9-4-2-3-5-10(9)15-11/h2-5,7-8H,6H2,1H3,(H,13,14)/t8-/m0/s1. The van der Waals surface area contributed by atoms with Crippen LogP contribution in [-0.2, 0) is 4.79 Å². The number of hydrogen-bond donors (Lipinski definition) is 1. The number of fused-ring (bicyclic) bond motifs is 1. The van der Waals surface area contributed by atoms with Gasteiger partial charge in [0.25, 0.3) is 0 Å². The average Bonchev–Trinajstić information content (AvgIpc) is 2.59. The van der Waals surface area contributed by atoms with E-state index in [9.17, 15) is 4.79 Å². The SMILES string of the molecule is C[C@@H](CC(=O)O)c1cc2ccccc2o1. The summed E-state index contributed by atoms with van der Waals surface area (Å²) in [6.45, 7) is 1.85. The Morgan fingerprint density at radius 2 is 2.20 bits per heavy atom. The van der Waals surface area contributed by atoms with Crippen molar-refractivity contribution in [2.45, 2.75) is 19.3 Å². The zero-order valence-corrected chi connectivity index (χ0v) is 8.43. The van der Waals surface area contributed by atoms with Crippen LogP contribution in [-0.4, -0.2) is 11.1 Å². The molecule has 0 radical (unpaired) electrons. The number of carboxylic acid groups (broad SMARTS) is 1. The molecule has 0 spiro atoms. The van der Waals surface area contributed by atoms with Crippen LogP contribution in [0.3, 0.4) is 0 Å². The second kappa shape index (κ2) is 3.77. The van der Waals surface area contributed by atoms with Gasteiger partial charge in [0.2, 0.25) is 0 Å². The molecule has 2 aromatic rings. The molecule has 78 valence electrons. The third kappa shape index (κ3) is 2.01. The first kappa shape index (κ1) is 9.77. The van der Waals surface area contributed by atoms with Gasteiger partial charge in [-0.3, -0.25) is 4.79 Å². The highest BCUT2D eigenvalue weighted by molar-refractivity contribution is 5.78. The van der Waals surface area contributed by atoms with E-state index in [0.717, 1.165) is 16.7 Å². The largest absolute Gasteiger partial charge is 0.481 e. The fourth-order valence-corrected chi connectivity index (χ4v) is 1.61. The second-order valence-corrected chi connectivity index (χ2v) is 3.69. The minimum absolute atomic E-state index is 0.0881. The van der Waals surface area contributed by atoms with Crippen molar-refractivity contribution in [3.63, 3.8) is 0 Å². The van der Waals surface area contributed by atoms with Crippen LogP contribution < -0.4 is 0 Å². The number of aliphatic carboxylic acids is 1. The van der Waals surface area contributed by atoms with Crippen molar-refractivity contribution >= 4 is 16.9 Å². The third-order valence-corrected chi connectivity index (χ3v) is 2.41. The summed E-state index contributed by atoms with van der Waals surface area (Å²) in [6, 6.07) is 9.58. The quantitative estimate of drug-likeness (QED) is 0.836. The number of para-hydroxylation sites is 1. The molecule has 1 heterocycles. The zero-order chi connectivity index (χ0) is 10.8. The molecular formula is C12H12O3. The van der Waals surface area contributed by atoms with Gasteiger partial charge in [0.15, 0.2) is 0 Å². The van der Waals surface area contributed by atoms with Crippen LogP contribution in [0.5, 0.6) is 0 Å². The van der Waals surface area contributed by atoms with Gasteiger partial charge in [-0.05, 0) is 12.1 Å². The molecule has 15 heavy (non-hydrogen) atoms. The van der Waals surface area contributed by atoms with Crippen molar-refractivity contribution in [1.29, 1.82) is 0 Å². The Morgan fingerprint density at radius 1 is 1.47 bits per heavy atom. The van der Waals surface area contributed by atoms with Crippen LogP contribution in [0.15, 0.2) is 34.7 Å². The van der Waals surface area contributed by atoms with Crippen LogP contribution in [0, 0.1) is 0 Å². The highest BCUT2D eigenvalue weighted by Gasteiger charge is 2.14. The molecule has 3 heteroatoms. The molecule has 0 unspecified atom stereocenters. The number of rotatable bonds is 3. The topological polar surface area (TPSA) is 50.4 Å². The van der Waals surface area contributed by atoms with E-state index in [2.05, 4.69) is 0 Å². The van der Waals surface area contributed by atoms with E-state index >= 15 is 0 Å². The summed E-state index contributed by atoms with van der Waals surface area (Å²) in [7, 11) is 0. The molecule has 0 saturated carbocycles. The number of hydrogen-bond acceptors (Lipinski definition) is 2. The van der Waals surface area contributed by atoms with Gasteiger partial charge < -0.3 is 9.52 Å². The maximum absolute atomic E-state index is 10.6. The van der Waals surface area contributed by atoms with Crippen molar-refractivity contribution in [1.82, 2.24) is 0 Å². The summed E-state index contributed by atoms with van der Waals surface area (Å²) in [5.74, 6) is -0.156. The normalized spacial score (nSPS) is 12.9. The van der Waals surface area contributed by atoms with Crippen LogP contribution >= 0.6 is 0 Å². The summed E-state index contributed by atoms with van der Waals surface area (Å²) in [4.78, 5) is 10.6. The summed E-state index contributed by atoms with van der Waals surface area (Å²) in [6.07, 6.45) is 0.0970. The molecule has 0 aliphatic carbocycles. The van der Waals surface area contributed by atoms with Crippen molar-refractivity contribution in [3.8, 4) is 0 Å². The van der Waals surface area contributed by atoms with E-state index in [4.69, 9.17) is 9.52 Å². The molecule has 0 aliphatic rings. The molecular weight excluding hydrogens is 192 g/mol. The Labute approximate surface area is 87.3 Å². The van der Waals surface area contributed by atoms with Gasteiger partial charge in [0.1, 0.15) is 11.3 Å². The van der Waals surface area contributed by atoms with Crippen LogP contribution in [0.1, 0.15) is 25.0 Å². The average molecular weight is 204 g/mol. The van der Waals surface area contributed by atoms with Gasteiger partial charge in [-0.2, -0.15) is 0 Å². The van der Waals surface area contributed by atoms with Gasteiger partial charge >= 0.3 is 5.97 Å². The molecule has 0 aliphatic heterocycles. The lowest BCUT2D eigenvalue weighted by molar-refractivity contribution is -0.137. The summed E-state index contributed by atoms with van der Waals surface area (Å²) in [5, 5.41) is 9.70. The first-order valence-corrected chi connectivity index (χ1v) is 4.87. The molecule has 1 N–H and O–H groups in total. The first-order valence-electron chi connectivity index (χ1n) is 4.87. The Kier molecular flexibility index (Phi) is 2.46. The molecule has 1 aromatic carbocycles. The lowest BCUT2D eigenvalue weighted by Crippen LogP contribution is -2.01. The summed E-state index contributed by atoms with van der Waals surface area (Å²) < 4.78 is 5.57. The molecule has 1 aromatic heterocycles. The number of benzene rings is 1. The van der Waals surface area contributed by atoms with Gasteiger partial charge in [-0.15, -0.1) is 0 Å². The van der Waals surface area contributed by atoms with E-state index in [1.54, 1.807) is 0 Å². The molecule has 3 nitrogen and oxygen atoms in total. The molecule has 0 bridgehead atoms. The fourth-order valence-electron chi connectivity index (χ4n) is 1.61. The molecule has 0 saturated heterocycles. The monoisotopic (exact) mass is 204 g/mol. The number of carbonyl (C=O) groups is 1. The van der Waals surface area contributed by atoms with Gasteiger partial charge in [-0.25, -0.2) is 0 Å². The molecule has 0 amide bonds. The Balaban J connectivity index is 2.32. The van der Waals surface area contributed by atoms with Crippen molar-refractivity contribution < 1.29 is 14.3 Å². The molecule has 0 fully saturated rings. The van der Waals surface area contributed by atoms with Crippen molar-refractivity contribution in [2.24, 2.45) is 0 Å². The third-order valence-electron chi connectivity index (χ3n) is 2.41. The van der Waals surface area contributed by atoms with E-state index in [1.165, 1.54) is 0 Å². The lowest BCUT2D eigenvalue weighted by atomic mass is 10.1. The zero-order valence-electron chi connectivity index (χ0n) is 8.43. The summed E-state index contributed by atoms with van der Waals surface area (Å²) >= 11 is 0.